The van der Waals surface area contributed by atoms with Gasteiger partial charge in [0.25, 0.3) is 0 Å². The lowest BCUT2D eigenvalue weighted by Crippen LogP contribution is -2.31. The molecule has 0 N–H and O–H groups in total. The van der Waals surface area contributed by atoms with Crippen LogP contribution in [0.2, 0.25) is 0 Å². The van der Waals surface area contributed by atoms with Crippen molar-refractivity contribution in [1.82, 2.24) is 14.7 Å². The quantitative estimate of drug-likeness (QED) is 0.811. The van der Waals surface area contributed by atoms with Crippen LogP contribution >= 0.6 is 0 Å². The van der Waals surface area contributed by atoms with Crippen molar-refractivity contribution in [3.05, 3.63) is 41.6 Å². The fourth-order valence-electron chi connectivity index (χ4n) is 3.12. The first kappa shape index (κ1) is 18.5. The molecule has 0 saturated carbocycles. The van der Waals surface area contributed by atoms with Gasteiger partial charge >= 0.3 is 6.18 Å². The summed E-state index contributed by atoms with van der Waals surface area (Å²) in [4.78, 5) is 14.2. The topological polar surface area (TPSA) is 38.1 Å². The molecule has 0 bridgehead atoms. The zero-order valence-corrected chi connectivity index (χ0v) is 14.9. The van der Waals surface area contributed by atoms with Crippen molar-refractivity contribution in [1.29, 1.82) is 0 Å². The zero-order chi connectivity index (χ0) is 18.9. The maximum absolute atomic E-state index is 12.7. The number of rotatable bonds is 3. The molecule has 2 aromatic rings. The van der Waals surface area contributed by atoms with Gasteiger partial charge in [-0.25, -0.2) is 0 Å². The summed E-state index contributed by atoms with van der Waals surface area (Å²) in [5.41, 5.74) is 1.51. The van der Waals surface area contributed by atoms with E-state index in [0.717, 1.165) is 24.2 Å². The zero-order valence-electron chi connectivity index (χ0n) is 14.9. The van der Waals surface area contributed by atoms with Crippen LogP contribution in [-0.4, -0.2) is 27.1 Å². The van der Waals surface area contributed by atoms with Gasteiger partial charge in [0.1, 0.15) is 0 Å². The van der Waals surface area contributed by atoms with E-state index in [0.29, 0.717) is 43.2 Å². The highest BCUT2D eigenvalue weighted by atomic mass is 19.4. The van der Waals surface area contributed by atoms with E-state index in [9.17, 15) is 18.0 Å². The van der Waals surface area contributed by atoms with Crippen LogP contribution in [0.1, 0.15) is 37.9 Å². The van der Waals surface area contributed by atoms with Crippen molar-refractivity contribution in [3.63, 3.8) is 0 Å². The monoisotopic (exact) mass is 365 g/mol. The Labute approximate surface area is 150 Å². The molecule has 0 unspecified atom stereocenters. The molecule has 0 fully saturated rings. The number of nitrogens with zero attached hydrogens (tertiary/aromatic N) is 3. The number of aryl methyl sites for hydroxylation is 1. The highest BCUT2D eigenvalue weighted by molar-refractivity contribution is 5.76. The molecule has 0 radical (unpaired) electrons. The fourth-order valence-corrected chi connectivity index (χ4v) is 3.12. The van der Waals surface area contributed by atoms with Crippen molar-refractivity contribution < 1.29 is 18.0 Å². The highest BCUT2D eigenvalue weighted by Gasteiger charge is 2.30. The second-order valence-electron chi connectivity index (χ2n) is 7.09. The summed E-state index contributed by atoms with van der Waals surface area (Å²) in [6.07, 6.45) is -3.02. The smallest absolute Gasteiger partial charge is 0.337 e. The number of halogens is 3. The van der Waals surface area contributed by atoms with Gasteiger partial charge in [-0.15, -0.1) is 0 Å². The van der Waals surface area contributed by atoms with E-state index in [1.807, 2.05) is 29.5 Å². The number of aromatic nitrogens is 2. The molecular weight excluding hydrogens is 343 g/mol. The third kappa shape index (κ3) is 4.08. The van der Waals surface area contributed by atoms with Gasteiger partial charge < -0.3 is 4.90 Å². The van der Waals surface area contributed by atoms with E-state index in [1.54, 1.807) is 0 Å². The minimum atomic E-state index is -4.35. The lowest BCUT2D eigenvalue weighted by Gasteiger charge is -2.21. The average Bonchev–Trinajstić information content (AvgIpc) is 2.85. The molecule has 1 amide bonds. The molecule has 7 heteroatoms. The minimum absolute atomic E-state index is 0.130. The Bertz CT molecular complexity index is 778. The number of carbonyl (C=O) groups excluding carboxylic acids is 1. The first-order valence-electron chi connectivity index (χ1n) is 8.76. The maximum Gasteiger partial charge on any atom is 0.416 e. The van der Waals surface area contributed by atoms with Crippen molar-refractivity contribution in [2.45, 2.75) is 46.0 Å². The standard InChI is InChI=1S/C19H22F3N3O/c1-13(2)10-18(26)24-8-3-9-25-16(12-24)11-17(23-25)14-4-6-15(7-5-14)19(20,21)22/h4-7,11,13H,3,8-10,12H2,1-2H3. The third-order valence-electron chi connectivity index (χ3n) is 4.46. The van der Waals surface area contributed by atoms with Crippen molar-refractivity contribution in [2.75, 3.05) is 6.54 Å². The summed E-state index contributed by atoms with van der Waals surface area (Å²) < 4.78 is 40.0. The van der Waals surface area contributed by atoms with Gasteiger partial charge in [-0.05, 0) is 30.5 Å². The molecule has 1 aliphatic rings. The van der Waals surface area contributed by atoms with E-state index in [4.69, 9.17) is 0 Å². The second kappa shape index (κ2) is 7.13. The van der Waals surface area contributed by atoms with Crippen LogP contribution in [0, 0.1) is 5.92 Å². The van der Waals surface area contributed by atoms with Gasteiger partial charge in [0.05, 0.1) is 23.5 Å². The van der Waals surface area contributed by atoms with Gasteiger partial charge in [-0.3, -0.25) is 9.48 Å². The van der Waals surface area contributed by atoms with E-state index >= 15 is 0 Å². The molecule has 1 aromatic heterocycles. The highest BCUT2D eigenvalue weighted by Crippen LogP contribution is 2.31. The van der Waals surface area contributed by atoms with E-state index in [-0.39, 0.29) is 5.91 Å². The summed E-state index contributed by atoms with van der Waals surface area (Å²) in [5, 5.41) is 4.53. The first-order valence-corrected chi connectivity index (χ1v) is 8.76. The predicted octanol–water partition coefficient (Wildman–Crippen LogP) is 4.35. The van der Waals surface area contributed by atoms with Crippen LogP contribution in [0.25, 0.3) is 11.3 Å². The minimum Gasteiger partial charge on any atom is -0.337 e. The molecule has 1 aromatic carbocycles. The first-order chi connectivity index (χ1) is 12.2. The van der Waals surface area contributed by atoms with Crippen LogP contribution in [0.5, 0.6) is 0 Å². The lowest BCUT2D eigenvalue weighted by molar-refractivity contribution is -0.137. The summed E-state index contributed by atoms with van der Waals surface area (Å²) in [6, 6.07) is 6.87. The van der Waals surface area contributed by atoms with Gasteiger partial charge in [0.2, 0.25) is 5.91 Å². The normalized spacial score (nSPS) is 15.1. The molecule has 0 atom stereocenters. The largest absolute Gasteiger partial charge is 0.416 e. The number of fused-ring (bicyclic) bond motifs is 1. The number of hydrogen-bond donors (Lipinski definition) is 0. The molecule has 140 valence electrons. The lowest BCUT2D eigenvalue weighted by atomic mass is 10.1. The molecule has 3 rings (SSSR count). The summed E-state index contributed by atoms with van der Waals surface area (Å²) in [6.45, 7) is 5.91. The Hall–Kier alpha value is -2.31. The van der Waals surface area contributed by atoms with Crippen LogP contribution in [0.3, 0.4) is 0 Å². The number of benzene rings is 1. The molecule has 0 saturated heterocycles. The van der Waals surface area contributed by atoms with Crippen LogP contribution in [0.15, 0.2) is 30.3 Å². The summed E-state index contributed by atoms with van der Waals surface area (Å²) in [5.74, 6) is 0.434. The predicted molar refractivity (Wildman–Crippen MR) is 92.2 cm³/mol. The molecule has 26 heavy (non-hydrogen) atoms. The molecule has 0 spiro atoms. The molecule has 4 nitrogen and oxygen atoms in total. The maximum atomic E-state index is 12.7. The summed E-state index contributed by atoms with van der Waals surface area (Å²) >= 11 is 0. The van der Waals surface area contributed by atoms with Crippen molar-refractivity contribution in [3.8, 4) is 11.3 Å². The van der Waals surface area contributed by atoms with E-state index in [1.165, 1.54) is 12.1 Å². The second-order valence-corrected chi connectivity index (χ2v) is 7.09. The number of carbonyl (C=O) groups is 1. The third-order valence-corrected chi connectivity index (χ3v) is 4.46. The Kier molecular flexibility index (Phi) is 5.07. The Morgan fingerprint density at radius 1 is 1.19 bits per heavy atom. The van der Waals surface area contributed by atoms with Crippen LogP contribution in [-0.2, 0) is 24.1 Å². The Balaban J connectivity index is 1.81. The van der Waals surface area contributed by atoms with Crippen molar-refractivity contribution >= 4 is 5.91 Å². The van der Waals surface area contributed by atoms with Gasteiger partial charge in [-0.2, -0.15) is 18.3 Å². The number of alkyl halides is 3. The molecule has 0 aliphatic carbocycles. The van der Waals surface area contributed by atoms with E-state index < -0.39 is 11.7 Å². The molecule has 2 heterocycles. The van der Waals surface area contributed by atoms with Gasteiger partial charge in [-0.1, -0.05) is 26.0 Å². The van der Waals surface area contributed by atoms with Gasteiger partial charge in [0.15, 0.2) is 0 Å². The van der Waals surface area contributed by atoms with Crippen LogP contribution < -0.4 is 0 Å². The fraction of sp³-hybridized carbons (Fsp3) is 0.474. The Morgan fingerprint density at radius 2 is 1.88 bits per heavy atom. The SMILES string of the molecule is CC(C)CC(=O)N1CCCn2nc(-c3ccc(C(F)(F)F)cc3)cc2C1. The number of hydrogen-bond acceptors (Lipinski definition) is 2. The Morgan fingerprint density at radius 3 is 2.50 bits per heavy atom. The molecule has 1 aliphatic heterocycles. The van der Waals surface area contributed by atoms with Gasteiger partial charge in [0, 0.05) is 25.1 Å². The van der Waals surface area contributed by atoms with E-state index in [2.05, 4.69) is 5.10 Å². The molecular formula is C19H22F3N3O. The summed E-state index contributed by atoms with van der Waals surface area (Å²) in [7, 11) is 0. The van der Waals surface area contributed by atoms with Crippen molar-refractivity contribution in [2.24, 2.45) is 5.92 Å². The van der Waals surface area contributed by atoms with Crippen LogP contribution in [0.4, 0.5) is 13.2 Å². The number of amides is 1. The average molecular weight is 365 g/mol.